The highest BCUT2D eigenvalue weighted by Gasteiger charge is 2.11. The maximum Gasteiger partial charge on any atom is 0.337 e. The Balaban J connectivity index is 2.28. The van der Waals surface area contributed by atoms with E-state index in [1.165, 1.54) is 7.11 Å². The lowest BCUT2D eigenvalue weighted by Gasteiger charge is -2.09. The van der Waals surface area contributed by atoms with Crippen LogP contribution in [-0.2, 0) is 4.74 Å². The maximum atomic E-state index is 11.7. The van der Waals surface area contributed by atoms with Crippen molar-refractivity contribution in [3.63, 3.8) is 0 Å². The minimum absolute atomic E-state index is 0.357. The number of hydrogen-bond donors (Lipinski definition) is 0. The van der Waals surface area contributed by atoms with Crippen LogP contribution in [0.15, 0.2) is 54.9 Å². The van der Waals surface area contributed by atoms with Gasteiger partial charge in [0.25, 0.3) is 0 Å². The molecule has 3 rings (SSSR count). The first-order valence-electron chi connectivity index (χ1n) is 6.41. The van der Waals surface area contributed by atoms with Gasteiger partial charge < -0.3 is 4.74 Å². The quantitative estimate of drug-likeness (QED) is 0.660. The molecule has 0 aliphatic rings. The van der Waals surface area contributed by atoms with Gasteiger partial charge in [-0.2, -0.15) is 0 Å². The Labute approximate surface area is 127 Å². The highest BCUT2D eigenvalue weighted by Crippen LogP contribution is 2.33. The van der Waals surface area contributed by atoms with Gasteiger partial charge in [0.15, 0.2) is 0 Å². The topological polar surface area (TPSA) is 39.2 Å². The number of fused-ring (bicyclic) bond motifs is 1. The normalized spacial score (nSPS) is 10.6. The van der Waals surface area contributed by atoms with Crippen LogP contribution in [0.2, 0.25) is 5.02 Å². The molecule has 1 aromatic heterocycles. The van der Waals surface area contributed by atoms with Crippen LogP contribution < -0.4 is 0 Å². The van der Waals surface area contributed by atoms with E-state index in [0.717, 1.165) is 21.9 Å². The Kier molecular flexibility index (Phi) is 3.59. The van der Waals surface area contributed by atoms with E-state index in [1.807, 2.05) is 30.3 Å². The Morgan fingerprint density at radius 2 is 2.00 bits per heavy atom. The van der Waals surface area contributed by atoms with Crippen LogP contribution in [0.25, 0.3) is 21.9 Å². The van der Waals surface area contributed by atoms with Crippen LogP contribution in [0.3, 0.4) is 0 Å². The molecule has 0 aliphatic heterocycles. The summed E-state index contributed by atoms with van der Waals surface area (Å²) >= 11 is 6.26. The van der Waals surface area contributed by atoms with Gasteiger partial charge in [-0.05, 0) is 34.5 Å². The summed E-state index contributed by atoms with van der Waals surface area (Å²) in [5.41, 5.74) is 2.29. The van der Waals surface area contributed by atoms with Crippen molar-refractivity contribution < 1.29 is 9.53 Å². The molecule has 3 nitrogen and oxygen atoms in total. The molecule has 3 aromatic rings. The SMILES string of the molecule is COC(=O)c1ccc2cccc(-c3cnccc3Cl)c2c1. The Bertz CT molecular complexity index is 830. The molecule has 21 heavy (non-hydrogen) atoms. The van der Waals surface area contributed by atoms with Crippen LogP contribution in [0.4, 0.5) is 0 Å². The minimum atomic E-state index is -0.357. The molecule has 0 saturated carbocycles. The molecule has 4 heteroatoms. The van der Waals surface area contributed by atoms with Crippen LogP contribution in [-0.4, -0.2) is 18.1 Å². The zero-order chi connectivity index (χ0) is 14.8. The number of nitrogens with zero attached hydrogens (tertiary/aromatic N) is 1. The summed E-state index contributed by atoms with van der Waals surface area (Å²) in [7, 11) is 1.37. The number of pyridine rings is 1. The number of methoxy groups -OCH3 is 1. The van der Waals surface area contributed by atoms with Crippen molar-refractivity contribution in [2.24, 2.45) is 0 Å². The monoisotopic (exact) mass is 297 g/mol. The van der Waals surface area contributed by atoms with Gasteiger partial charge in [0.1, 0.15) is 0 Å². The summed E-state index contributed by atoms with van der Waals surface area (Å²) < 4.78 is 4.78. The fraction of sp³-hybridized carbons (Fsp3) is 0.0588. The summed E-state index contributed by atoms with van der Waals surface area (Å²) in [6.45, 7) is 0. The summed E-state index contributed by atoms with van der Waals surface area (Å²) in [4.78, 5) is 15.8. The Morgan fingerprint density at radius 1 is 1.14 bits per heavy atom. The zero-order valence-corrected chi connectivity index (χ0v) is 12.1. The predicted molar refractivity (Wildman–Crippen MR) is 83.5 cm³/mol. The lowest BCUT2D eigenvalue weighted by Crippen LogP contribution is -2.00. The molecule has 1 heterocycles. The van der Waals surface area contributed by atoms with Gasteiger partial charge in [-0.25, -0.2) is 4.79 Å². The van der Waals surface area contributed by atoms with E-state index >= 15 is 0 Å². The average Bonchev–Trinajstić information content (AvgIpc) is 2.53. The van der Waals surface area contributed by atoms with Crippen LogP contribution >= 0.6 is 11.6 Å². The van der Waals surface area contributed by atoms with Gasteiger partial charge in [-0.15, -0.1) is 0 Å². The molecule has 0 radical (unpaired) electrons. The van der Waals surface area contributed by atoms with Crippen molar-refractivity contribution in [2.75, 3.05) is 7.11 Å². The summed E-state index contributed by atoms with van der Waals surface area (Å²) in [6, 6.07) is 13.1. The average molecular weight is 298 g/mol. The van der Waals surface area contributed by atoms with Gasteiger partial charge in [0.05, 0.1) is 17.7 Å². The van der Waals surface area contributed by atoms with E-state index < -0.39 is 0 Å². The standard InChI is InChI=1S/C17H12ClNO2/c1-21-17(20)12-6-5-11-3-2-4-13(14(11)9-12)15-10-19-8-7-16(15)18/h2-10H,1H3. The second kappa shape index (κ2) is 5.54. The lowest BCUT2D eigenvalue weighted by molar-refractivity contribution is 0.0601. The van der Waals surface area contributed by atoms with E-state index in [0.29, 0.717) is 10.6 Å². The molecule has 0 fully saturated rings. The molecule has 0 saturated heterocycles. The number of halogens is 1. The lowest BCUT2D eigenvalue weighted by atomic mass is 9.97. The molecule has 2 aromatic carbocycles. The van der Waals surface area contributed by atoms with Gasteiger partial charge in [0, 0.05) is 18.0 Å². The van der Waals surface area contributed by atoms with Gasteiger partial charge in [-0.3, -0.25) is 4.98 Å². The number of benzene rings is 2. The number of ether oxygens (including phenoxy) is 1. The zero-order valence-electron chi connectivity index (χ0n) is 11.3. The molecule has 0 aliphatic carbocycles. The summed E-state index contributed by atoms with van der Waals surface area (Å²) in [6.07, 6.45) is 3.37. The Morgan fingerprint density at radius 3 is 2.76 bits per heavy atom. The number of carbonyl (C=O) groups excluding carboxylic acids is 1. The predicted octanol–water partition coefficient (Wildman–Crippen LogP) is 4.34. The first-order chi connectivity index (χ1) is 10.2. The molecular weight excluding hydrogens is 286 g/mol. The fourth-order valence-corrected chi connectivity index (χ4v) is 2.53. The van der Waals surface area contributed by atoms with Crippen LogP contribution in [0.5, 0.6) is 0 Å². The Hall–Kier alpha value is -2.39. The molecule has 0 N–H and O–H groups in total. The van der Waals surface area contributed by atoms with E-state index in [4.69, 9.17) is 16.3 Å². The van der Waals surface area contributed by atoms with E-state index in [-0.39, 0.29) is 5.97 Å². The molecule has 104 valence electrons. The first-order valence-corrected chi connectivity index (χ1v) is 6.79. The van der Waals surface area contributed by atoms with Crippen molar-refractivity contribution in [3.05, 3.63) is 65.4 Å². The van der Waals surface area contributed by atoms with Gasteiger partial charge in [0.2, 0.25) is 0 Å². The van der Waals surface area contributed by atoms with Crippen molar-refractivity contribution in [1.29, 1.82) is 0 Å². The first kappa shape index (κ1) is 13.6. The largest absolute Gasteiger partial charge is 0.465 e. The van der Waals surface area contributed by atoms with E-state index in [9.17, 15) is 4.79 Å². The van der Waals surface area contributed by atoms with Gasteiger partial charge in [-0.1, -0.05) is 35.9 Å². The minimum Gasteiger partial charge on any atom is -0.465 e. The second-order valence-electron chi connectivity index (χ2n) is 4.59. The molecule has 0 spiro atoms. The third-order valence-corrected chi connectivity index (χ3v) is 3.69. The molecule has 0 unspecified atom stereocenters. The summed E-state index contributed by atoms with van der Waals surface area (Å²) in [5, 5.41) is 2.59. The van der Waals surface area contributed by atoms with Crippen molar-refractivity contribution in [3.8, 4) is 11.1 Å². The summed E-state index contributed by atoms with van der Waals surface area (Å²) in [5.74, 6) is -0.357. The van der Waals surface area contributed by atoms with Crippen molar-refractivity contribution in [2.45, 2.75) is 0 Å². The highest BCUT2D eigenvalue weighted by atomic mass is 35.5. The second-order valence-corrected chi connectivity index (χ2v) is 5.00. The highest BCUT2D eigenvalue weighted by molar-refractivity contribution is 6.33. The van der Waals surface area contributed by atoms with Gasteiger partial charge >= 0.3 is 5.97 Å². The van der Waals surface area contributed by atoms with Crippen molar-refractivity contribution >= 4 is 28.3 Å². The fourth-order valence-electron chi connectivity index (χ4n) is 2.33. The number of esters is 1. The van der Waals surface area contributed by atoms with Crippen LogP contribution in [0, 0.1) is 0 Å². The molecule has 0 bridgehead atoms. The smallest absolute Gasteiger partial charge is 0.337 e. The number of carbonyl (C=O) groups is 1. The molecular formula is C17H12ClNO2. The number of rotatable bonds is 2. The number of aromatic nitrogens is 1. The number of hydrogen-bond acceptors (Lipinski definition) is 3. The van der Waals surface area contributed by atoms with Crippen LogP contribution in [0.1, 0.15) is 10.4 Å². The van der Waals surface area contributed by atoms with E-state index in [2.05, 4.69) is 4.98 Å². The van der Waals surface area contributed by atoms with E-state index in [1.54, 1.807) is 24.5 Å². The third kappa shape index (κ3) is 2.48. The molecule has 0 amide bonds. The third-order valence-electron chi connectivity index (χ3n) is 3.36. The molecule has 0 atom stereocenters. The maximum absolute atomic E-state index is 11.7. The van der Waals surface area contributed by atoms with Crippen molar-refractivity contribution in [1.82, 2.24) is 4.98 Å².